The molecule has 0 radical (unpaired) electrons. The number of carboxylic acids is 1. The highest BCUT2D eigenvalue weighted by atomic mass is 32.1. The smallest absolute Gasteiger partial charge is 0.304 e. The number of hydrogen-bond acceptors (Lipinski definition) is 7. The Kier molecular flexibility index (Phi) is 8.24. The van der Waals surface area contributed by atoms with E-state index in [4.69, 9.17) is 4.98 Å². The minimum atomic E-state index is -0.922. The molecular weight excluding hydrogens is 550 g/mol. The Labute approximate surface area is 250 Å². The Hall–Kier alpha value is -3.79. The molecule has 0 spiro atoms. The molecule has 1 aromatic carbocycles. The van der Waals surface area contributed by atoms with E-state index in [2.05, 4.69) is 4.98 Å². The zero-order valence-electron chi connectivity index (χ0n) is 23.9. The fourth-order valence-corrected chi connectivity index (χ4v) is 7.13. The molecule has 1 saturated heterocycles. The monoisotopic (exact) mass is 587 g/mol. The van der Waals surface area contributed by atoms with Gasteiger partial charge < -0.3 is 14.9 Å². The van der Waals surface area contributed by atoms with Crippen LogP contribution in [0.1, 0.15) is 51.4 Å². The molecule has 3 aromatic rings. The van der Waals surface area contributed by atoms with E-state index in [1.165, 1.54) is 11.3 Å². The van der Waals surface area contributed by atoms with E-state index in [1.54, 1.807) is 9.80 Å². The number of anilines is 2. The second-order valence-electron chi connectivity index (χ2n) is 11.8. The third kappa shape index (κ3) is 6.18. The molecule has 220 valence electrons. The summed E-state index contributed by atoms with van der Waals surface area (Å²) in [6.07, 6.45) is 8.65. The van der Waals surface area contributed by atoms with E-state index >= 15 is 0 Å². The lowest BCUT2D eigenvalue weighted by Gasteiger charge is -2.32. The van der Waals surface area contributed by atoms with Gasteiger partial charge in [-0.15, -0.1) is 11.3 Å². The minimum absolute atomic E-state index is 0.0864. The van der Waals surface area contributed by atoms with E-state index in [0.717, 1.165) is 73.3 Å². The van der Waals surface area contributed by atoms with Gasteiger partial charge in [0.05, 0.1) is 18.7 Å². The number of thiazole rings is 1. The third-order valence-corrected chi connectivity index (χ3v) is 9.59. The van der Waals surface area contributed by atoms with Gasteiger partial charge >= 0.3 is 5.97 Å². The summed E-state index contributed by atoms with van der Waals surface area (Å²) in [5.74, 6) is -0.247. The van der Waals surface area contributed by atoms with Crippen LogP contribution in [0.2, 0.25) is 0 Å². The van der Waals surface area contributed by atoms with Crippen molar-refractivity contribution in [2.24, 2.45) is 11.8 Å². The summed E-state index contributed by atoms with van der Waals surface area (Å²) in [5, 5.41) is 12.2. The number of amides is 2. The first-order valence-corrected chi connectivity index (χ1v) is 15.8. The summed E-state index contributed by atoms with van der Waals surface area (Å²) >= 11 is 1.44. The molecule has 1 N–H and O–H groups in total. The molecule has 0 bridgehead atoms. The van der Waals surface area contributed by atoms with Crippen LogP contribution < -0.4 is 9.80 Å². The molecule has 2 aliphatic carbocycles. The van der Waals surface area contributed by atoms with E-state index < -0.39 is 11.9 Å². The number of benzene rings is 1. The van der Waals surface area contributed by atoms with Crippen molar-refractivity contribution in [1.82, 2.24) is 14.9 Å². The molecule has 3 aliphatic rings. The summed E-state index contributed by atoms with van der Waals surface area (Å²) in [4.78, 5) is 52.9. The van der Waals surface area contributed by atoms with E-state index in [9.17, 15) is 19.5 Å². The number of aliphatic carboxylic acids is 1. The average Bonchev–Trinajstić information content (AvgIpc) is 3.46. The highest BCUT2D eigenvalue weighted by Crippen LogP contribution is 2.40. The van der Waals surface area contributed by atoms with E-state index in [0.29, 0.717) is 30.6 Å². The molecule has 1 unspecified atom stereocenters. The number of rotatable bonds is 10. The minimum Gasteiger partial charge on any atom is -0.481 e. The second kappa shape index (κ2) is 12.2. The lowest BCUT2D eigenvalue weighted by atomic mass is 9.90. The van der Waals surface area contributed by atoms with Crippen LogP contribution in [0.15, 0.2) is 48.0 Å². The van der Waals surface area contributed by atoms with Crippen LogP contribution in [0.4, 0.5) is 10.9 Å². The molecule has 2 saturated carbocycles. The maximum Gasteiger partial charge on any atom is 0.304 e. The first-order chi connectivity index (χ1) is 20.4. The second-order valence-corrected chi connectivity index (χ2v) is 12.7. The van der Waals surface area contributed by atoms with Crippen molar-refractivity contribution in [2.75, 3.05) is 36.5 Å². The van der Waals surface area contributed by atoms with Crippen LogP contribution in [0.5, 0.6) is 0 Å². The van der Waals surface area contributed by atoms with Gasteiger partial charge in [-0.05, 0) is 42.9 Å². The summed E-state index contributed by atoms with van der Waals surface area (Å²) in [6.45, 7) is 1.75. The van der Waals surface area contributed by atoms with Gasteiger partial charge in [-0.3, -0.25) is 19.3 Å². The van der Waals surface area contributed by atoms with Gasteiger partial charge in [0.2, 0.25) is 11.8 Å². The third-order valence-electron chi connectivity index (χ3n) is 8.75. The average molecular weight is 588 g/mol. The van der Waals surface area contributed by atoms with Crippen LogP contribution in [-0.2, 0) is 14.4 Å². The molecule has 42 heavy (non-hydrogen) atoms. The number of aromatic nitrogens is 2. The molecular formula is C32H37N5O4S. The summed E-state index contributed by atoms with van der Waals surface area (Å²) < 4.78 is 0. The van der Waals surface area contributed by atoms with E-state index in [-0.39, 0.29) is 24.3 Å². The number of likely N-dealkylation sites (N-methyl/N-ethyl adjacent to an activating group) is 1. The molecule has 9 nitrogen and oxygen atoms in total. The molecule has 2 amide bonds. The van der Waals surface area contributed by atoms with Crippen molar-refractivity contribution in [3.8, 4) is 22.4 Å². The SMILES string of the molecule is CN1CCN(c2ccc(-c3ccccc3-c3csc(N(C(=O)C(CC(=O)O)CC4CCCC4)C4CC4)n3)cn2)CC1=O. The van der Waals surface area contributed by atoms with Crippen LogP contribution >= 0.6 is 11.3 Å². The Balaban J connectivity index is 1.24. The lowest BCUT2D eigenvalue weighted by Crippen LogP contribution is -2.48. The normalized spacial score (nSPS) is 18.4. The first kappa shape index (κ1) is 28.3. The van der Waals surface area contributed by atoms with Crippen LogP contribution in [-0.4, -0.2) is 70.5 Å². The van der Waals surface area contributed by atoms with Gasteiger partial charge in [0, 0.05) is 54.8 Å². The first-order valence-electron chi connectivity index (χ1n) is 14.9. The van der Waals surface area contributed by atoms with Crippen LogP contribution in [0.3, 0.4) is 0 Å². The quantitative estimate of drug-likeness (QED) is 0.342. The molecule has 3 fully saturated rings. The Morgan fingerprint density at radius 2 is 1.83 bits per heavy atom. The van der Waals surface area contributed by atoms with Gasteiger partial charge in [0.1, 0.15) is 5.82 Å². The van der Waals surface area contributed by atoms with Gasteiger partial charge in [-0.1, -0.05) is 49.9 Å². The summed E-state index contributed by atoms with van der Waals surface area (Å²) in [6, 6.07) is 12.1. The number of carboxylic acid groups (broad SMARTS) is 1. The lowest BCUT2D eigenvalue weighted by molar-refractivity contribution is -0.141. The van der Waals surface area contributed by atoms with Crippen LogP contribution in [0.25, 0.3) is 22.4 Å². The fraction of sp³-hybridized carbons (Fsp3) is 0.469. The molecule has 10 heteroatoms. The predicted octanol–water partition coefficient (Wildman–Crippen LogP) is 5.32. The van der Waals surface area contributed by atoms with Crippen molar-refractivity contribution >= 4 is 40.1 Å². The zero-order chi connectivity index (χ0) is 29.2. The standard InChI is InChI=1S/C32H37N5O4S/c1-35-14-15-36(19-29(35)38)28-13-10-22(18-33-28)25-8-4-5-9-26(25)27-20-42-32(34-27)37(24-11-12-24)31(41)23(17-30(39)40)16-21-6-2-3-7-21/h4-5,8-10,13,18,20-21,23-24H,2-3,6-7,11-12,14-17,19H2,1H3,(H,39,40). The number of hydrogen-bond donors (Lipinski definition) is 1. The topological polar surface area (TPSA) is 107 Å². The zero-order valence-corrected chi connectivity index (χ0v) is 24.8. The van der Waals surface area contributed by atoms with Gasteiger partial charge in [0.25, 0.3) is 0 Å². The fourth-order valence-electron chi connectivity index (χ4n) is 6.23. The van der Waals surface area contributed by atoms with Crippen molar-refractivity contribution in [2.45, 2.75) is 57.4 Å². The molecule has 2 aromatic heterocycles. The Morgan fingerprint density at radius 1 is 1.07 bits per heavy atom. The number of pyridine rings is 1. The van der Waals surface area contributed by atoms with Crippen molar-refractivity contribution in [3.63, 3.8) is 0 Å². The Morgan fingerprint density at radius 3 is 2.50 bits per heavy atom. The summed E-state index contributed by atoms with van der Waals surface area (Å²) in [5.41, 5.74) is 3.65. The van der Waals surface area contributed by atoms with Gasteiger partial charge in [-0.25, -0.2) is 9.97 Å². The van der Waals surface area contributed by atoms with Gasteiger partial charge in [0.15, 0.2) is 5.13 Å². The maximum atomic E-state index is 13.9. The highest BCUT2D eigenvalue weighted by Gasteiger charge is 2.40. The highest BCUT2D eigenvalue weighted by molar-refractivity contribution is 7.14. The van der Waals surface area contributed by atoms with E-state index in [1.807, 2.05) is 59.9 Å². The molecule has 6 rings (SSSR count). The van der Waals surface area contributed by atoms with Crippen molar-refractivity contribution in [3.05, 3.63) is 48.0 Å². The molecule has 3 heterocycles. The number of carbonyl (C=O) groups is 3. The predicted molar refractivity (Wildman–Crippen MR) is 163 cm³/mol. The number of piperazine rings is 1. The molecule has 1 aliphatic heterocycles. The van der Waals surface area contributed by atoms with Crippen LogP contribution in [0, 0.1) is 11.8 Å². The summed E-state index contributed by atoms with van der Waals surface area (Å²) in [7, 11) is 1.82. The maximum absolute atomic E-state index is 13.9. The Bertz CT molecular complexity index is 1450. The largest absolute Gasteiger partial charge is 0.481 e. The number of carbonyl (C=O) groups excluding carboxylic acids is 2. The van der Waals surface area contributed by atoms with Gasteiger partial charge in [-0.2, -0.15) is 0 Å². The number of nitrogens with zero attached hydrogens (tertiary/aromatic N) is 5. The van der Waals surface area contributed by atoms with Crippen molar-refractivity contribution < 1.29 is 19.5 Å². The molecule has 1 atom stereocenters. The van der Waals surface area contributed by atoms with Crippen molar-refractivity contribution in [1.29, 1.82) is 0 Å².